The molecule has 0 saturated heterocycles. The number of methoxy groups -OCH3 is 1. The van der Waals surface area contributed by atoms with Gasteiger partial charge in [0.15, 0.2) is 0 Å². The standard InChI is InChI=1S/C8H18O.C2H6/c1-7(2)6-8(3,4)9-5;1-2/h7H,6H2,1-5H3;1-2H3. The van der Waals surface area contributed by atoms with E-state index < -0.39 is 0 Å². The van der Waals surface area contributed by atoms with Crippen LogP contribution in [0.5, 0.6) is 0 Å². The molecule has 0 radical (unpaired) electrons. The number of rotatable bonds is 3. The second-order valence-corrected chi connectivity index (χ2v) is 3.56. The van der Waals surface area contributed by atoms with Crippen molar-refractivity contribution in [2.45, 2.75) is 53.6 Å². The van der Waals surface area contributed by atoms with Gasteiger partial charge in [-0.2, -0.15) is 0 Å². The van der Waals surface area contributed by atoms with Crippen molar-refractivity contribution in [3.05, 3.63) is 0 Å². The van der Waals surface area contributed by atoms with E-state index in [0.29, 0.717) is 0 Å². The third-order valence-electron chi connectivity index (χ3n) is 1.45. The highest BCUT2D eigenvalue weighted by Gasteiger charge is 2.17. The fourth-order valence-corrected chi connectivity index (χ4v) is 1.07. The summed E-state index contributed by atoms with van der Waals surface area (Å²) in [6.07, 6.45) is 1.13. The van der Waals surface area contributed by atoms with Crippen molar-refractivity contribution in [3.63, 3.8) is 0 Å². The SMILES string of the molecule is CC.COC(C)(C)CC(C)C. The van der Waals surface area contributed by atoms with Crippen LogP contribution >= 0.6 is 0 Å². The molecule has 0 atom stereocenters. The zero-order chi connectivity index (χ0) is 9.49. The van der Waals surface area contributed by atoms with Gasteiger partial charge in [0, 0.05) is 7.11 Å². The molecule has 0 aromatic rings. The van der Waals surface area contributed by atoms with Crippen molar-refractivity contribution in [2.75, 3.05) is 7.11 Å². The van der Waals surface area contributed by atoms with Crippen molar-refractivity contribution in [1.82, 2.24) is 0 Å². The molecule has 0 unspecified atom stereocenters. The van der Waals surface area contributed by atoms with Gasteiger partial charge in [0.2, 0.25) is 0 Å². The molecule has 1 heteroatoms. The van der Waals surface area contributed by atoms with Gasteiger partial charge >= 0.3 is 0 Å². The molecule has 0 bridgehead atoms. The van der Waals surface area contributed by atoms with Crippen LogP contribution in [0.3, 0.4) is 0 Å². The van der Waals surface area contributed by atoms with Crippen molar-refractivity contribution in [2.24, 2.45) is 5.92 Å². The van der Waals surface area contributed by atoms with Gasteiger partial charge in [-0.15, -0.1) is 0 Å². The zero-order valence-corrected chi connectivity index (χ0v) is 9.19. The van der Waals surface area contributed by atoms with Gasteiger partial charge in [-0.25, -0.2) is 0 Å². The first-order valence-electron chi connectivity index (χ1n) is 4.53. The molecule has 0 aromatic heterocycles. The van der Waals surface area contributed by atoms with E-state index in [0.717, 1.165) is 12.3 Å². The Morgan fingerprint density at radius 3 is 1.64 bits per heavy atom. The lowest BCUT2D eigenvalue weighted by atomic mass is 9.96. The second-order valence-electron chi connectivity index (χ2n) is 3.56. The smallest absolute Gasteiger partial charge is 0.0625 e. The molecule has 11 heavy (non-hydrogen) atoms. The molecule has 0 amide bonds. The molecule has 0 aliphatic rings. The lowest BCUT2D eigenvalue weighted by Crippen LogP contribution is -2.24. The molecule has 0 saturated carbocycles. The van der Waals surface area contributed by atoms with Gasteiger partial charge in [-0.3, -0.25) is 0 Å². The Morgan fingerprint density at radius 2 is 1.55 bits per heavy atom. The summed E-state index contributed by atoms with van der Waals surface area (Å²) in [5.41, 5.74) is 0.0637. The van der Waals surface area contributed by atoms with Crippen molar-refractivity contribution >= 4 is 0 Å². The maximum absolute atomic E-state index is 5.25. The highest BCUT2D eigenvalue weighted by molar-refractivity contribution is 4.68. The first-order valence-corrected chi connectivity index (χ1v) is 4.53. The van der Waals surface area contributed by atoms with E-state index in [1.165, 1.54) is 0 Å². The Bertz CT molecular complexity index is 74.9. The van der Waals surface area contributed by atoms with Gasteiger partial charge in [-0.1, -0.05) is 27.7 Å². The van der Waals surface area contributed by atoms with Gasteiger partial charge < -0.3 is 4.74 Å². The first kappa shape index (κ1) is 13.5. The summed E-state index contributed by atoms with van der Waals surface area (Å²) in [7, 11) is 1.77. The highest BCUT2D eigenvalue weighted by atomic mass is 16.5. The lowest BCUT2D eigenvalue weighted by molar-refractivity contribution is 0.00570. The van der Waals surface area contributed by atoms with Crippen LogP contribution in [0.1, 0.15) is 48.0 Å². The van der Waals surface area contributed by atoms with E-state index in [1.807, 2.05) is 13.8 Å². The third-order valence-corrected chi connectivity index (χ3v) is 1.45. The van der Waals surface area contributed by atoms with Crippen LogP contribution in [0.25, 0.3) is 0 Å². The maximum Gasteiger partial charge on any atom is 0.0625 e. The van der Waals surface area contributed by atoms with Gasteiger partial charge in [0.05, 0.1) is 5.60 Å². The van der Waals surface area contributed by atoms with E-state index in [1.54, 1.807) is 7.11 Å². The van der Waals surface area contributed by atoms with Crippen LogP contribution in [0.4, 0.5) is 0 Å². The van der Waals surface area contributed by atoms with E-state index >= 15 is 0 Å². The number of hydrogen-bond acceptors (Lipinski definition) is 1. The van der Waals surface area contributed by atoms with Crippen LogP contribution in [0.15, 0.2) is 0 Å². The van der Waals surface area contributed by atoms with Crippen LogP contribution < -0.4 is 0 Å². The predicted octanol–water partition coefficient (Wildman–Crippen LogP) is 3.48. The van der Waals surface area contributed by atoms with Gasteiger partial charge in [-0.05, 0) is 26.2 Å². The minimum absolute atomic E-state index is 0.0637. The summed E-state index contributed by atoms with van der Waals surface area (Å²) in [4.78, 5) is 0. The fourth-order valence-electron chi connectivity index (χ4n) is 1.07. The van der Waals surface area contributed by atoms with E-state index in [9.17, 15) is 0 Å². The van der Waals surface area contributed by atoms with E-state index in [-0.39, 0.29) is 5.60 Å². The summed E-state index contributed by atoms with van der Waals surface area (Å²) in [6.45, 7) is 12.7. The quantitative estimate of drug-likeness (QED) is 0.614. The normalized spacial score (nSPS) is 10.9. The van der Waals surface area contributed by atoms with Crippen LogP contribution in [0.2, 0.25) is 0 Å². The first-order chi connectivity index (χ1) is 4.98. The maximum atomic E-state index is 5.25. The van der Waals surface area contributed by atoms with Gasteiger partial charge in [0.1, 0.15) is 0 Å². The topological polar surface area (TPSA) is 9.23 Å². The minimum atomic E-state index is 0.0637. The lowest BCUT2D eigenvalue weighted by Gasteiger charge is -2.24. The number of hydrogen-bond donors (Lipinski definition) is 0. The van der Waals surface area contributed by atoms with E-state index in [4.69, 9.17) is 4.74 Å². The molecular weight excluding hydrogens is 136 g/mol. The third kappa shape index (κ3) is 9.96. The molecule has 0 rings (SSSR count). The number of ether oxygens (including phenoxy) is 1. The van der Waals surface area contributed by atoms with Crippen molar-refractivity contribution < 1.29 is 4.74 Å². The largest absolute Gasteiger partial charge is 0.379 e. The summed E-state index contributed by atoms with van der Waals surface area (Å²) in [5.74, 6) is 0.722. The molecule has 0 aliphatic carbocycles. The molecule has 0 aliphatic heterocycles. The summed E-state index contributed by atoms with van der Waals surface area (Å²) in [6, 6.07) is 0. The summed E-state index contributed by atoms with van der Waals surface area (Å²) in [5, 5.41) is 0. The Labute approximate surface area is 72.1 Å². The monoisotopic (exact) mass is 160 g/mol. The highest BCUT2D eigenvalue weighted by Crippen LogP contribution is 2.18. The Hall–Kier alpha value is -0.0400. The molecule has 0 fully saturated rings. The molecule has 0 spiro atoms. The summed E-state index contributed by atoms with van der Waals surface area (Å²) >= 11 is 0. The molecule has 0 N–H and O–H groups in total. The van der Waals surface area contributed by atoms with Gasteiger partial charge in [0.25, 0.3) is 0 Å². The van der Waals surface area contributed by atoms with E-state index in [2.05, 4.69) is 27.7 Å². The van der Waals surface area contributed by atoms with Crippen molar-refractivity contribution in [3.8, 4) is 0 Å². The zero-order valence-electron chi connectivity index (χ0n) is 9.19. The second kappa shape index (κ2) is 6.66. The Balaban J connectivity index is 0. The average Bonchev–Trinajstić information content (AvgIpc) is 1.90. The average molecular weight is 160 g/mol. The minimum Gasteiger partial charge on any atom is -0.379 e. The predicted molar refractivity (Wildman–Crippen MR) is 51.9 cm³/mol. The molecule has 0 heterocycles. The van der Waals surface area contributed by atoms with Crippen LogP contribution in [-0.4, -0.2) is 12.7 Å². The Kier molecular flexibility index (Phi) is 8.20. The molecule has 70 valence electrons. The fraction of sp³-hybridized carbons (Fsp3) is 1.00. The van der Waals surface area contributed by atoms with Crippen LogP contribution in [0, 0.1) is 5.92 Å². The Morgan fingerprint density at radius 1 is 1.18 bits per heavy atom. The van der Waals surface area contributed by atoms with Crippen molar-refractivity contribution in [1.29, 1.82) is 0 Å². The van der Waals surface area contributed by atoms with Crippen LogP contribution in [-0.2, 0) is 4.74 Å². The molecule has 1 nitrogen and oxygen atoms in total. The summed E-state index contributed by atoms with van der Waals surface area (Å²) < 4.78 is 5.25. The molecular formula is C10H24O. The molecule has 0 aromatic carbocycles.